The fourth-order valence-corrected chi connectivity index (χ4v) is 1.59. The summed E-state index contributed by atoms with van der Waals surface area (Å²) in [4.78, 5) is 34.9. The smallest absolute Gasteiger partial charge is 0.408 e. The Morgan fingerprint density at radius 1 is 1.14 bits per heavy atom. The summed E-state index contributed by atoms with van der Waals surface area (Å²) in [5.74, 6) is -0.434. The third kappa shape index (κ3) is 9.70. The minimum atomic E-state index is -0.669. The minimum Gasteiger partial charge on any atom is -0.444 e. The maximum atomic E-state index is 11.8. The van der Waals surface area contributed by atoms with Gasteiger partial charge in [-0.2, -0.15) is 0 Å². The van der Waals surface area contributed by atoms with Gasteiger partial charge in [-0.3, -0.25) is 9.59 Å². The van der Waals surface area contributed by atoms with Crippen molar-refractivity contribution in [2.75, 3.05) is 13.6 Å². The molecule has 0 bridgehead atoms. The van der Waals surface area contributed by atoms with Gasteiger partial charge in [-0.15, -0.1) is 0 Å². The third-order valence-corrected chi connectivity index (χ3v) is 2.40. The van der Waals surface area contributed by atoms with Gasteiger partial charge in [-0.25, -0.2) is 4.79 Å². The SMILES string of the molecule is CNC(=O)C(CC(C)C)NC(=O)CNC(=O)OC(C)(C)C. The number of alkyl carbamates (subject to hydrolysis) is 1. The highest BCUT2D eigenvalue weighted by molar-refractivity contribution is 5.89. The fourth-order valence-electron chi connectivity index (χ4n) is 1.59. The van der Waals surface area contributed by atoms with Gasteiger partial charge < -0.3 is 20.7 Å². The molecule has 0 radical (unpaired) electrons. The van der Waals surface area contributed by atoms with Crippen molar-refractivity contribution in [3.63, 3.8) is 0 Å². The molecule has 0 aromatic carbocycles. The molecule has 0 aliphatic heterocycles. The average Bonchev–Trinajstić information content (AvgIpc) is 2.32. The van der Waals surface area contributed by atoms with E-state index >= 15 is 0 Å². The van der Waals surface area contributed by atoms with Crippen molar-refractivity contribution in [2.24, 2.45) is 5.92 Å². The number of carbonyl (C=O) groups excluding carboxylic acids is 3. The van der Waals surface area contributed by atoms with Crippen LogP contribution in [0.4, 0.5) is 4.79 Å². The highest BCUT2D eigenvalue weighted by atomic mass is 16.6. The molecule has 7 heteroatoms. The molecule has 0 saturated heterocycles. The summed E-state index contributed by atoms with van der Waals surface area (Å²) >= 11 is 0. The summed E-state index contributed by atoms with van der Waals surface area (Å²) in [5.41, 5.74) is -0.622. The van der Waals surface area contributed by atoms with Crippen LogP contribution >= 0.6 is 0 Å². The van der Waals surface area contributed by atoms with Crippen LogP contribution in [0, 0.1) is 5.92 Å². The number of ether oxygens (including phenoxy) is 1. The summed E-state index contributed by atoms with van der Waals surface area (Å²) in [7, 11) is 1.51. The molecule has 3 N–H and O–H groups in total. The molecule has 0 aromatic heterocycles. The average molecular weight is 301 g/mol. The van der Waals surface area contributed by atoms with E-state index in [0.29, 0.717) is 6.42 Å². The molecule has 0 aliphatic rings. The topological polar surface area (TPSA) is 96.5 Å². The Labute approximate surface area is 126 Å². The van der Waals surface area contributed by atoms with Crippen molar-refractivity contribution in [3.8, 4) is 0 Å². The molecule has 21 heavy (non-hydrogen) atoms. The standard InChI is InChI=1S/C14H27N3O4/c1-9(2)7-10(12(19)15-6)17-11(18)8-16-13(20)21-14(3,4)5/h9-10H,7-8H2,1-6H3,(H,15,19)(H,16,20)(H,17,18). The van der Waals surface area contributed by atoms with Crippen molar-refractivity contribution in [3.05, 3.63) is 0 Å². The summed E-state index contributed by atoms with van der Waals surface area (Å²) in [6.07, 6.45) is -0.143. The maximum absolute atomic E-state index is 11.8. The summed E-state index contributed by atoms with van der Waals surface area (Å²) in [6, 6.07) is -0.608. The number of hydrogen-bond donors (Lipinski definition) is 3. The lowest BCUT2D eigenvalue weighted by Crippen LogP contribution is -2.49. The zero-order valence-electron chi connectivity index (χ0n) is 13.7. The highest BCUT2D eigenvalue weighted by Gasteiger charge is 2.21. The van der Waals surface area contributed by atoms with Crippen molar-refractivity contribution in [2.45, 2.75) is 52.7 Å². The van der Waals surface area contributed by atoms with Gasteiger partial charge in [-0.05, 0) is 33.1 Å². The van der Waals surface area contributed by atoms with E-state index in [1.165, 1.54) is 7.05 Å². The van der Waals surface area contributed by atoms with Gasteiger partial charge in [0.2, 0.25) is 11.8 Å². The number of hydrogen-bond acceptors (Lipinski definition) is 4. The van der Waals surface area contributed by atoms with E-state index in [1.807, 2.05) is 13.8 Å². The molecular formula is C14H27N3O4. The van der Waals surface area contributed by atoms with Gasteiger partial charge in [0, 0.05) is 7.05 Å². The molecule has 7 nitrogen and oxygen atoms in total. The van der Waals surface area contributed by atoms with E-state index in [1.54, 1.807) is 20.8 Å². The lowest BCUT2D eigenvalue weighted by atomic mass is 10.0. The fraction of sp³-hybridized carbons (Fsp3) is 0.786. The van der Waals surface area contributed by atoms with Crippen LogP contribution in [0.25, 0.3) is 0 Å². The molecule has 0 aliphatic carbocycles. The molecule has 0 saturated carbocycles. The quantitative estimate of drug-likeness (QED) is 0.675. The van der Waals surface area contributed by atoms with E-state index < -0.39 is 23.6 Å². The third-order valence-electron chi connectivity index (χ3n) is 2.40. The Balaban J connectivity index is 4.32. The Kier molecular flexibility index (Phi) is 7.76. The Bertz CT molecular complexity index is 375. The van der Waals surface area contributed by atoms with Crippen molar-refractivity contribution >= 4 is 17.9 Å². The first-order valence-corrected chi connectivity index (χ1v) is 7.03. The molecule has 122 valence electrons. The normalized spacial score (nSPS) is 12.5. The van der Waals surface area contributed by atoms with Crippen molar-refractivity contribution in [1.82, 2.24) is 16.0 Å². The Morgan fingerprint density at radius 2 is 1.71 bits per heavy atom. The Morgan fingerprint density at radius 3 is 2.14 bits per heavy atom. The number of carbonyl (C=O) groups is 3. The highest BCUT2D eigenvalue weighted by Crippen LogP contribution is 2.06. The van der Waals surface area contributed by atoms with Crippen molar-refractivity contribution < 1.29 is 19.1 Å². The summed E-state index contributed by atoms with van der Waals surface area (Å²) in [5, 5.41) is 7.45. The van der Waals surface area contributed by atoms with Gasteiger partial charge >= 0.3 is 6.09 Å². The van der Waals surface area contributed by atoms with Crippen LogP contribution in [0.1, 0.15) is 41.0 Å². The molecule has 1 atom stereocenters. The van der Waals surface area contributed by atoms with E-state index in [2.05, 4.69) is 16.0 Å². The monoisotopic (exact) mass is 301 g/mol. The molecule has 0 rings (SSSR count). The first-order valence-electron chi connectivity index (χ1n) is 7.03. The largest absolute Gasteiger partial charge is 0.444 e. The zero-order valence-corrected chi connectivity index (χ0v) is 13.7. The molecule has 0 aromatic rings. The number of rotatable bonds is 6. The summed E-state index contributed by atoms with van der Waals surface area (Å²) in [6.45, 7) is 8.88. The van der Waals surface area contributed by atoms with Gasteiger partial charge in [0.1, 0.15) is 18.2 Å². The minimum absolute atomic E-state index is 0.236. The second-order valence-electron chi connectivity index (χ2n) is 6.22. The van der Waals surface area contributed by atoms with Crippen LogP contribution in [0.5, 0.6) is 0 Å². The lowest BCUT2D eigenvalue weighted by Gasteiger charge is -2.21. The second kappa shape index (κ2) is 8.49. The van der Waals surface area contributed by atoms with Crippen LogP contribution in [0.15, 0.2) is 0 Å². The predicted octanol–water partition coefficient (Wildman–Crippen LogP) is 0.788. The van der Waals surface area contributed by atoms with E-state index in [4.69, 9.17) is 4.74 Å². The van der Waals surface area contributed by atoms with Crippen LogP contribution in [-0.2, 0) is 14.3 Å². The van der Waals surface area contributed by atoms with Crippen LogP contribution in [0.2, 0.25) is 0 Å². The lowest BCUT2D eigenvalue weighted by molar-refractivity contribution is -0.128. The molecule has 0 heterocycles. The van der Waals surface area contributed by atoms with Gasteiger partial charge in [0.25, 0.3) is 0 Å². The van der Waals surface area contributed by atoms with Crippen LogP contribution in [0.3, 0.4) is 0 Å². The second-order valence-corrected chi connectivity index (χ2v) is 6.22. The first kappa shape index (κ1) is 19.2. The van der Waals surface area contributed by atoms with E-state index in [9.17, 15) is 14.4 Å². The van der Waals surface area contributed by atoms with Crippen LogP contribution in [-0.4, -0.2) is 43.1 Å². The Hall–Kier alpha value is -1.79. The first-order chi connectivity index (χ1) is 9.55. The zero-order chi connectivity index (χ0) is 16.6. The molecular weight excluding hydrogens is 274 g/mol. The summed E-state index contributed by atoms with van der Waals surface area (Å²) < 4.78 is 5.02. The molecule has 0 fully saturated rings. The predicted molar refractivity (Wildman–Crippen MR) is 79.7 cm³/mol. The molecule has 3 amide bonds. The molecule has 1 unspecified atom stereocenters. The maximum Gasteiger partial charge on any atom is 0.408 e. The molecule has 0 spiro atoms. The van der Waals surface area contributed by atoms with E-state index in [-0.39, 0.29) is 18.4 Å². The van der Waals surface area contributed by atoms with Gasteiger partial charge in [0.15, 0.2) is 0 Å². The van der Waals surface area contributed by atoms with Gasteiger partial charge in [-0.1, -0.05) is 13.8 Å². The number of nitrogens with one attached hydrogen (secondary N) is 3. The van der Waals surface area contributed by atoms with Crippen molar-refractivity contribution in [1.29, 1.82) is 0 Å². The van der Waals surface area contributed by atoms with Gasteiger partial charge in [0.05, 0.1) is 0 Å². The number of amides is 3. The van der Waals surface area contributed by atoms with Crippen LogP contribution < -0.4 is 16.0 Å². The van der Waals surface area contributed by atoms with E-state index in [0.717, 1.165) is 0 Å². The number of likely N-dealkylation sites (N-methyl/N-ethyl adjacent to an activating group) is 1.